The third-order valence-electron chi connectivity index (χ3n) is 3.92. The summed E-state index contributed by atoms with van der Waals surface area (Å²) in [5.41, 5.74) is 0.966. The fourth-order valence-electron chi connectivity index (χ4n) is 2.68. The Balaban J connectivity index is 1.88. The summed E-state index contributed by atoms with van der Waals surface area (Å²) in [5, 5.41) is 12.0. The number of carbonyl (C=O) groups is 2. The van der Waals surface area contributed by atoms with Crippen LogP contribution in [0.15, 0.2) is 24.3 Å². The van der Waals surface area contributed by atoms with Gasteiger partial charge in [0.1, 0.15) is 0 Å². The second-order valence-electron chi connectivity index (χ2n) is 5.71. The standard InChI is InChI=1S/C16H21NO3/c1-11-5-7-14(8-6-11)17-15(18)10-12-3-2-4-13(9-12)16(19)20/h2-4,9,11,14H,5-8,10H2,1H3,(H,17,18)(H,19,20). The highest BCUT2D eigenvalue weighted by atomic mass is 16.4. The van der Waals surface area contributed by atoms with Crippen LogP contribution in [0.25, 0.3) is 0 Å². The summed E-state index contributed by atoms with van der Waals surface area (Å²) in [6.07, 6.45) is 4.66. The number of carboxylic acids is 1. The third kappa shape index (κ3) is 4.08. The number of rotatable bonds is 4. The van der Waals surface area contributed by atoms with Crippen LogP contribution in [0.5, 0.6) is 0 Å². The van der Waals surface area contributed by atoms with Crippen LogP contribution in [0.4, 0.5) is 0 Å². The molecular weight excluding hydrogens is 254 g/mol. The van der Waals surface area contributed by atoms with E-state index >= 15 is 0 Å². The lowest BCUT2D eigenvalue weighted by molar-refractivity contribution is -0.121. The monoisotopic (exact) mass is 275 g/mol. The lowest BCUT2D eigenvalue weighted by Crippen LogP contribution is -2.38. The summed E-state index contributed by atoms with van der Waals surface area (Å²) in [7, 11) is 0. The number of hydrogen-bond acceptors (Lipinski definition) is 2. The van der Waals surface area contributed by atoms with Crippen molar-refractivity contribution in [2.24, 2.45) is 5.92 Å². The van der Waals surface area contributed by atoms with Gasteiger partial charge >= 0.3 is 5.97 Å². The topological polar surface area (TPSA) is 66.4 Å². The molecule has 4 heteroatoms. The summed E-state index contributed by atoms with van der Waals surface area (Å²) in [4.78, 5) is 22.9. The molecule has 4 nitrogen and oxygen atoms in total. The van der Waals surface area contributed by atoms with Crippen LogP contribution in [-0.4, -0.2) is 23.0 Å². The second kappa shape index (κ2) is 6.55. The predicted molar refractivity (Wildman–Crippen MR) is 76.7 cm³/mol. The summed E-state index contributed by atoms with van der Waals surface area (Å²) >= 11 is 0. The average Bonchev–Trinajstić information content (AvgIpc) is 2.41. The normalized spacial score (nSPS) is 22.2. The van der Waals surface area contributed by atoms with Crippen LogP contribution in [0, 0.1) is 5.92 Å². The van der Waals surface area contributed by atoms with E-state index in [1.165, 1.54) is 18.9 Å². The van der Waals surface area contributed by atoms with E-state index in [4.69, 9.17) is 5.11 Å². The van der Waals surface area contributed by atoms with Crippen molar-refractivity contribution in [2.75, 3.05) is 0 Å². The summed E-state index contributed by atoms with van der Waals surface area (Å²) < 4.78 is 0. The number of benzene rings is 1. The van der Waals surface area contributed by atoms with Crippen LogP contribution in [0.1, 0.15) is 48.5 Å². The average molecular weight is 275 g/mol. The van der Waals surface area contributed by atoms with Gasteiger partial charge in [-0.05, 0) is 49.3 Å². The molecule has 1 fully saturated rings. The minimum absolute atomic E-state index is 0.0212. The Morgan fingerprint density at radius 3 is 2.60 bits per heavy atom. The van der Waals surface area contributed by atoms with Crippen LogP contribution in [-0.2, 0) is 11.2 Å². The Kier molecular flexibility index (Phi) is 4.77. The van der Waals surface area contributed by atoms with Crippen molar-refractivity contribution in [3.63, 3.8) is 0 Å². The van der Waals surface area contributed by atoms with Gasteiger partial charge < -0.3 is 10.4 Å². The van der Waals surface area contributed by atoms with Gasteiger partial charge in [0.15, 0.2) is 0 Å². The van der Waals surface area contributed by atoms with E-state index in [2.05, 4.69) is 12.2 Å². The lowest BCUT2D eigenvalue weighted by atomic mass is 9.87. The molecule has 1 amide bonds. The first-order valence-corrected chi connectivity index (χ1v) is 7.16. The van der Waals surface area contributed by atoms with Crippen molar-refractivity contribution in [3.8, 4) is 0 Å². The number of hydrogen-bond donors (Lipinski definition) is 2. The summed E-state index contributed by atoms with van der Waals surface area (Å²) in [6, 6.07) is 6.84. The molecule has 0 atom stereocenters. The SMILES string of the molecule is CC1CCC(NC(=O)Cc2cccc(C(=O)O)c2)CC1. The van der Waals surface area contributed by atoms with Gasteiger partial charge in [-0.2, -0.15) is 0 Å². The van der Waals surface area contributed by atoms with E-state index < -0.39 is 5.97 Å². The molecule has 0 radical (unpaired) electrons. The molecule has 1 aliphatic rings. The molecule has 20 heavy (non-hydrogen) atoms. The van der Waals surface area contributed by atoms with E-state index in [1.807, 2.05) is 0 Å². The van der Waals surface area contributed by atoms with Gasteiger partial charge in [-0.25, -0.2) is 4.79 Å². The highest BCUT2D eigenvalue weighted by Gasteiger charge is 2.19. The third-order valence-corrected chi connectivity index (χ3v) is 3.92. The first kappa shape index (κ1) is 14.6. The molecule has 1 aromatic rings. The fourth-order valence-corrected chi connectivity index (χ4v) is 2.68. The highest BCUT2D eigenvalue weighted by Crippen LogP contribution is 2.23. The molecule has 0 bridgehead atoms. The molecule has 0 spiro atoms. The first-order chi connectivity index (χ1) is 9.54. The van der Waals surface area contributed by atoms with Gasteiger partial charge in [-0.1, -0.05) is 19.1 Å². The second-order valence-corrected chi connectivity index (χ2v) is 5.71. The van der Waals surface area contributed by atoms with E-state index in [9.17, 15) is 9.59 Å². The zero-order chi connectivity index (χ0) is 14.5. The van der Waals surface area contributed by atoms with Crippen molar-refractivity contribution in [3.05, 3.63) is 35.4 Å². The smallest absolute Gasteiger partial charge is 0.335 e. The largest absolute Gasteiger partial charge is 0.478 e. The van der Waals surface area contributed by atoms with Crippen molar-refractivity contribution in [1.29, 1.82) is 0 Å². The minimum Gasteiger partial charge on any atom is -0.478 e. The van der Waals surface area contributed by atoms with E-state index in [-0.39, 0.29) is 23.9 Å². The Morgan fingerprint density at radius 2 is 1.95 bits per heavy atom. The van der Waals surface area contributed by atoms with Crippen molar-refractivity contribution in [1.82, 2.24) is 5.32 Å². The van der Waals surface area contributed by atoms with E-state index in [0.717, 1.165) is 24.3 Å². The number of carboxylic acid groups (broad SMARTS) is 1. The maximum Gasteiger partial charge on any atom is 0.335 e. The molecule has 1 saturated carbocycles. The van der Waals surface area contributed by atoms with Crippen molar-refractivity contribution >= 4 is 11.9 Å². The lowest BCUT2D eigenvalue weighted by Gasteiger charge is -2.26. The maximum absolute atomic E-state index is 12.0. The zero-order valence-electron chi connectivity index (χ0n) is 11.8. The van der Waals surface area contributed by atoms with Crippen LogP contribution in [0.2, 0.25) is 0 Å². The first-order valence-electron chi connectivity index (χ1n) is 7.16. The molecule has 2 N–H and O–H groups in total. The quantitative estimate of drug-likeness (QED) is 0.887. The number of carbonyl (C=O) groups excluding carboxylic acids is 1. The van der Waals surface area contributed by atoms with Gasteiger partial charge in [0, 0.05) is 6.04 Å². The predicted octanol–water partition coefficient (Wildman–Crippen LogP) is 2.62. The molecule has 0 aromatic heterocycles. The van der Waals surface area contributed by atoms with Crippen molar-refractivity contribution in [2.45, 2.75) is 45.1 Å². The maximum atomic E-state index is 12.0. The van der Waals surface area contributed by atoms with Crippen LogP contribution >= 0.6 is 0 Å². The van der Waals surface area contributed by atoms with Gasteiger partial charge in [-0.3, -0.25) is 4.79 Å². The minimum atomic E-state index is -0.964. The molecular formula is C16H21NO3. The zero-order valence-corrected chi connectivity index (χ0v) is 11.8. The van der Waals surface area contributed by atoms with Gasteiger partial charge in [0.05, 0.1) is 12.0 Å². The van der Waals surface area contributed by atoms with Crippen LogP contribution < -0.4 is 5.32 Å². The number of nitrogens with one attached hydrogen (secondary N) is 1. The molecule has 1 aromatic carbocycles. The molecule has 0 aliphatic heterocycles. The molecule has 0 unspecified atom stereocenters. The Hall–Kier alpha value is -1.84. The van der Waals surface area contributed by atoms with E-state index in [0.29, 0.717) is 0 Å². The van der Waals surface area contributed by atoms with Crippen molar-refractivity contribution < 1.29 is 14.7 Å². The van der Waals surface area contributed by atoms with Crippen LogP contribution in [0.3, 0.4) is 0 Å². The molecule has 108 valence electrons. The fraction of sp³-hybridized carbons (Fsp3) is 0.500. The highest BCUT2D eigenvalue weighted by molar-refractivity contribution is 5.88. The molecule has 0 heterocycles. The molecule has 2 rings (SSSR count). The Bertz CT molecular complexity index is 490. The Morgan fingerprint density at radius 1 is 1.25 bits per heavy atom. The summed E-state index contributed by atoms with van der Waals surface area (Å²) in [5.74, 6) is -0.226. The number of aromatic carboxylic acids is 1. The summed E-state index contributed by atoms with van der Waals surface area (Å²) in [6.45, 7) is 2.25. The van der Waals surface area contributed by atoms with Gasteiger partial charge in [0.25, 0.3) is 0 Å². The molecule has 0 saturated heterocycles. The van der Waals surface area contributed by atoms with E-state index in [1.54, 1.807) is 18.2 Å². The van der Waals surface area contributed by atoms with Gasteiger partial charge in [0.2, 0.25) is 5.91 Å². The number of amides is 1. The van der Waals surface area contributed by atoms with Gasteiger partial charge in [-0.15, -0.1) is 0 Å². The Labute approximate surface area is 119 Å². The molecule has 1 aliphatic carbocycles.